The first-order valence-electron chi connectivity index (χ1n) is 16.2. The summed E-state index contributed by atoms with van der Waals surface area (Å²) in [6.45, 7) is 5.41. The molecule has 0 amide bonds. The van der Waals surface area contributed by atoms with Crippen LogP contribution in [-0.2, 0) is 34.9 Å². The van der Waals surface area contributed by atoms with E-state index in [0.717, 1.165) is 49.7 Å². The third-order valence-corrected chi connectivity index (χ3v) is 9.83. The fourth-order valence-electron chi connectivity index (χ4n) is 6.80. The highest BCUT2D eigenvalue weighted by atomic mass is 35.5. The summed E-state index contributed by atoms with van der Waals surface area (Å²) >= 11 is 12.7. The Morgan fingerprint density at radius 3 is 2.06 bits per heavy atom. The molecule has 0 bridgehead atoms. The van der Waals surface area contributed by atoms with Crippen molar-refractivity contribution in [1.29, 1.82) is 0 Å². The molecule has 49 heavy (non-hydrogen) atoms. The van der Waals surface area contributed by atoms with E-state index in [1.54, 1.807) is 23.1 Å². The summed E-state index contributed by atoms with van der Waals surface area (Å²) in [5, 5.41) is 5.19. The minimum Gasteiger partial charge on any atom is -0.491 e. The topological polar surface area (TPSA) is 114 Å². The van der Waals surface area contributed by atoms with Crippen LogP contribution in [0.4, 0.5) is 11.4 Å². The summed E-state index contributed by atoms with van der Waals surface area (Å²) in [6.07, 6.45) is 3.53. The zero-order chi connectivity index (χ0) is 33.5. The molecule has 13 nitrogen and oxygen atoms in total. The van der Waals surface area contributed by atoms with Gasteiger partial charge in [-0.15, -0.1) is 0 Å². The second kappa shape index (κ2) is 13.0. The largest absolute Gasteiger partial charge is 0.491 e. The molecule has 5 heterocycles. The molecule has 2 fully saturated rings. The van der Waals surface area contributed by atoms with Crippen LogP contribution in [0.5, 0.6) is 5.75 Å². The third kappa shape index (κ3) is 6.12. The van der Waals surface area contributed by atoms with Gasteiger partial charge in [0.15, 0.2) is 0 Å². The number of aromatic nitrogens is 6. The van der Waals surface area contributed by atoms with E-state index in [2.05, 4.69) is 32.0 Å². The minimum atomic E-state index is -1.17. The lowest BCUT2D eigenvalue weighted by molar-refractivity contribution is -0.190. The first-order chi connectivity index (χ1) is 23.9. The minimum absolute atomic E-state index is 0.260. The van der Waals surface area contributed by atoms with Gasteiger partial charge < -0.3 is 24.0 Å². The van der Waals surface area contributed by atoms with Gasteiger partial charge in [0, 0.05) is 61.2 Å². The molecule has 2 aromatic heterocycles. The van der Waals surface area contributed by atoms with Crippen molar-refractivity contribution >= 4 is 34.6 Å². The van der Waals surface area contributed by atoms with Crippen LogP contribution in [0.1, 0.15) is 12.0 Å². The molecule has 8 rings (SSSR count). The van der Waals surface area contributed by atoms with E-state index in [1.165, 1.54) is 20.3 Å². The molecule has 0 radical (unpaired) electrons. The van der Waals surface area contributed by atoms with Crippen molar-refractivity contribution in [2.24, 2.45) is 0 Å². The lowest BCUT2D eigenvalue weighted by Gasteiger charge is -2.37. The maximum atomic E-state index is 12.8. The van der Waals surface area contributed by atoms with Crippen LogP contribution < -0.4 is 25.9 Å². The Hall–Kier alpha value is -4.56. The second-order valence-electron chi connectivity index (χ2n) is 12.3. The SMILES string of the molecule is O=c1n(-c2ccc(N3CCN(c4ccc(OCC5COC(Cn6cncn6)(c6ccc(Cl)cc6Cl)O5)cc4)CC3)cc2)c(=O)n2n1CCC2. The maximum absolute atomic E-state index is 12.8. The zero-order valence-electron chi connectivity index (χ0n) is 26.5. The molecule has 2 atom stereocenters. The van der Waals surface area contributed by atoms with Gasteiger partial charge in [-0.1, -0.05) is 29.3 Å². The summed E-state index contributed by atoms with van der Waals surface area (Å²) in [7, 11) is 0. The lowest BCUT2D eigenvalue weighted by atomic mass is 10.1. The normalized spacial score (nSPS) is 20.6. The summed E-state index contributed by atoms with van der Waals surface area (Å²) in [5.41, 5.74) is 2.89. The van der Waals surface area contributed by atoms with Gasteiger partial charge in [-0.3, -0.25) is 0 Å². The van der Waals surface area contributed by atoms with Crippen molar-refractivity contribution in [3.8, 4) is 11.4 Å². The van der Waals surface area contributed by atoms with E-state index >= 15 is 0 Å². The van der Waals surface area contributed by atoms with Crippen molar-refractivity contribution in [2.45, 2.75) is 37.9 Å². The first kappa shape index (κ1) is 31.7. The predicted molar refractivity (Wildman–Crippen MR) is 184 cm³/mol. The number of nitrogens with zero attached hydrogens (tertiary/aromatic N) is 8. The lowest BCUT2D eigenvalue weighted by Crippen LogP contribution is -2.46. The van der Waals surface area contributed by atoms with E-state index in [4.69, 9.17) is 37.4 Å². The predicted octanol–water partition coefficient (Wildman–Crippen LogP) is 3.78. The highest BCUT2D eigenvalue weighted by Crippen LogP contribution is 2.40. The molecule has 0 saturated carbocycles. The Balaban J connectivity index is 0.860. The quantitative estimate of drug-likeness (QED) is 0.226. The van der Waals surface area contributed by atoms with Gasteiger partial charge in [-0.25, -0.2) is 33.2 Å². The molecule has 2 unspecified atom stereocenters. The molecular formula is C34H34Cl2N8O5. The van der Waals surface area contributed by atoms with E-state index < -0.39 is 5.79 Å². The molecule has 254 valence electrons. The van der Waals surface area contributed by atoms with Crippen molar-refractivity contribution in [3.05, 3.63) is 116 Å². The van der Waals surface area contributed by atoms with Gasteiger partial charge >= 0.3 is 11.4 Å². The Morgan fingerprint density at radius 1 is 0.816 bits per heavy atom. The number of hydrogen-bond acceptors (Lipinski definition) is 9. The summed E-state index contributed by atoms with van der Waals surface area (Å²) in [5.74, 6) is -0.434. The molecule has 2 saturated heterocycles. The van der Waals surface area contributed by atoms with E-state index in [1.807, 2.05) is 42.5 Å². The van der Waals surface area contributed by atoms with Gasteiger partial charge in [0.05, 0.1) is 17.3 Å². The molecule has 3 aliphatic rings. The number of anilines is 2. The van der Waals surface area contributed by atoms with Crippen LogP contribution in [0, 0.1) is 0 Å². The molecule has 0 N–H and O–H groups in total. The monoisotopic (exact) mass is 704 g/mol. The van der Waals surface area contributed by atoms with Crippen LogP contribution in [0.3, 0.4) is 0 Å². The van der Waals surface area contributed by atoms with E-state index in [9.17, 15) is 9.59 Å². The molecule has 15 heteroatoms. The van der Waals surface area contributed by atoms with Crippen molar-refractivity contribution in [2.75, 3.05) is 49.2 Å². The molecule has 3 aromatic carbocycles. The number of rotatable bonds is 9. The Labute approximate surface area is 291 Å². The smallest absolute Gasteiger partial charge is 0.351 e. The van der Waals surface area contributed by atoms with Crippen LogP contribution in [0.2, 0.25) is 10.0 Å². The molecule has 3 aliphatic heterocycles. The van der Waals surface area contributed by atoms with Gasteiger partial charge in [0.2, 0.25) is 5.79 Å². The number of fused-ring (bicyclic) bond motifs is 1. The Bertz CT molecular complexity index is 2020. The van der Waals surface area contributed by atoms with Gasteiger partial charge in [0.1, 0.15) is 37.7 Å². The van der Waals surface area contributed by atoms with Crippen LogP contribution in [-0.4, -0.2) is 74.2 Å². The van der Waals surface area contributed by atoms with Crippen LogP contribution in [0.25, 0.3) is 5.69 Å². The standard InChI is InChI=1S/C34H34Cl2N8O5/c35-24-2-11-30(31(36)18-24)34(21-41-23-37-22-38-41)48-20-29(49-34)19-47-28-9-7-26(8-10-28)40-16-14-39(15-17-40)25-3-5-27(6-4-25)44-32(45)42-12-1-13-43(42)33(44)46/h2-11,18,22-23,29H,1,12-17,19-21H2. The average molecular weight is 706 g/mol. The average Bonchev–Trinajstić information content (AvgIpc) is 3.93. The van der Waals surface area contributed by atoms with E-state index in [-0.39, 0.29) is 30.6 Å². The third-order valence-electron chi connectivity index (χ3n) is 9.28. The summed E-state index contributed by atoms with van der Waals surface area (Å²) in [6, 6.07) is 21.0. The zero-order valence-corrected chi connectivity index (χ0v) is 28.0. The Kier molecular flexibility index (Phi) is 8.44. The second-order valence-corrected chi connectivity index (χ2v) is 13.2. The fourth-order valence-corrected chi connectivity index (χ4v) is 7.36. The van der Waals surface area contributed by atoms with Crippen molar-refractivity contribution in [3.63, 3.8) is 0 Å². The number of ether oxygens (including phenoxy) is 3. The molecule has 5 aromatic rings. The number of piperazine rings is 1. The molecule has 0 spiro atoms. The maximum Gasteiger partial charge on any atom is 0.351 e. The van der Waals surface area contributed by atoms with Gasteiger partial charge in [0.25, 0.3) is 0 Å². The molecule has 0 aliphatic carbocycles. The summed E-state index contributed by atoms with van der Waals surface area (Å²) in [4.78, 5) is 34.2. The summed E-state index contributed by atoms with van der Waals surface area (Å²) < 4.78 is 24.8. The van der Waals surface area contributed by atoms with Gasteiger partial charge in [-0.05, 0) is 67.1 Å². The van der Waals surface area contributed by atoms with Crippen molar-refractivity contribution in [1.82, 2.24) is 28.7 Å². The van der Waals surface area contributed by atoms with Crippen LogP contribution in [0.15, 0.2) is 89.0 Å². The van der Waals surface area contributed by atoms with Gasteiger partial charge in [-0.2, -0.15) is 5.10 Å². The Morgan fingerprint density at radius 2 is 1.45 bits per heavy atom. The fraction of sp³-hybridized carbons (Fsp3) is 0.353. The first-order valence-corrected chi connectivity index (χ1v) is 17.0. The number of benzene rings is 3. The number of hydrogen-bond donors (Lipinski definition) is 0. The molecular weight excluding hydrogens is 671 g/mol. The van der Waals surface area contributed by atoms with Crippen molar-refractivity contribution < 1.29 is 14.2 Å². The van der Waals surface area contributed by atoms with E-state index in [0.29, 0.717) is 41.0 Å². The highest BCUT2D eigenvalue weighted by molar-refractivity contribution is 6.35. The van der Waals surface area contributed by atoms with Crippen LogP contribution >= 0.6 is 23.2 Å². The number of halogens is 2. The highest BCUT2D eigenvalue weighted by Gasteiger charge is 2.45.